The van der Waals surface area contributed by atoms with Gasteiger partial charge >= 0.3 is 0 Å². The lowest BCUT2D eigenvalue weighted by Gasteiger charge is -2.15. The van der Waals surface area contributed by atoms with Gasteiger partial charge in [0.15, 0.2) is 0 Å². The summed E-state index contributed by atoms with van der Waals surface area (Å²) in [7, 11) is 0. The molecule has 1 heterocycles. The molecule has 2 rings (SSSR count). The highest BCUT2D eigenvalue weighted by Gasteiger charge is 2.26. The molecule has 3 atom stereocenters. The van der Waals surface area contributed by atoms with Crippen molar-refractivity contribution < 1.29 is 9.53 Å². The van der Waals surface area contributed by atoms with Crippen LogP contribution in [0.25, 0.3) is 0 Å². The molecule has 1 N–H and O–H groups in total. The molecule has 1 aromatic carbocycles. The van der Waals surface area contributed by atoms with Crippen LogP contribution >= 0.6 is 11.6 Å². The lowest BCUT2D eigenvalue weighted by Crippen LogP contribution is -2.35. The van der Waals surface area contributed by atoms with E-state index in [2.05, 4.69) is 17.4 Å². The van der Waals surface area contributed by atoms with Crippen molar-refractivity contribution in [2.24, 2.45) is 0 Å². The topological polar surface area (TPSA) is 38.3 Å². The van der Waals surface area contributed by atoms with Crippen LogP contribution in [0.15, 0.2) is 30.3 Å². The molecule has 3 nitrogen and oxygen atoms in total. The minimum Gasteiger partial charge on any atom is -0.368 e. The number of hydrogen-bond acceptors (Lipinski definition) is 2. The molecule has 1 amide bonds. The quantitative estimate of drug-likeness (QED) is 0.852. The molecule has 0 aromatic heterocycles. The minimum absolute atomic E-state index is 0.0922. The number of alkyl halides is 1. The van der Waals surface area contributed by atoms with E-state index in [1.54, 1.807) is 6.92 Å². The van der Waals surface area contributed by atoms with Crippen molar-refractivity contribution in [2.45, 2.75) is 37.4 Å². The van der Waals surface area contributed by atoms with E-state index in [0.29, 0.717) is 6.54 Å². The van der Waals surface area contributed by atoms with Crippen LogP contribution in [0.2, 0.25) is 0 Å². The van der Waals surface area contributed by atoms with Crippen LogP contribution in [0, 0.1) is 0 Å². The molecular weight excluding hydrogens is 250 g/mol. The van der Waals surface area contributed by atoms with E-state index in [0.717, 1.165) is 12.8 Å². The fourth-order valence-electron chi connectivity index (χ4n) is 2.12. The van der Waals surface area contributed by atoms with Gasteiger partial charge in [-0.3, -0.25) is 4.79 Å². The van der Waals surface area contributed by atoms with Gasteiger partial charge in [0.25, 0.3) is 0 Å². The molecule has 0 saturated carbocycles. The van der Waals surface area contributed by atoms with E-state index >= 15 is 0 Å². The molecule has 1 unspecified atom stereocenters. The molecule has 0 bridgehead atoms. The van der Waals surface area contributed by atoms with Gasteiger partial charge in [0.1, 0.15) is 5.38 Å². The molecule has 1 aliphatic rings. The van der Waals surface area contributed by atoms with Gasteiger partial charge in [-0.15, -0.1) is 11.6 Å². The van der Waals surface area contributed by atoms with Gasteiger partial charge in [-0.05, 0) is 25.3 Å². The van der Waals surface area contributed by atoms with Crippen LogP contribution in [-0.2, 0) is 9.53 Å². The summed E-state index contributed by atoms with van der Waals surface area (Å²) in [6, 6.07) is 10.2. The Morgan fingerprint density at radius 2 is 2.17 bits per heavy atom. The maximum Gasteiger partial charge on any atom is 0.237 e. The van der Waals surface area contributed by atoms with E-state index in [1.165, 1.54) is 5.56 Å². The van der Waals surface area contributed by atoms with Crippen molar-refractivity contribution in [2.75, 3.05) is 6.54 Å². The lowest BCUT2D eigenvalue weighted by atomic mass is 10.1. The van der Waals surface area contributed by atoms with Gasteiger partial charge < -0.3 is 10.1 Å². The summed E-state index contributed by atoms with van der Waals surface area (Å²) in [4.78, 5) is 11.4. The number of halogens is 1. The van der Waals surface area contributed by atoms with Crippen molar-refractivity contribution >= 4 is 17.5 Å². The van der Waals surface area contributed by atoms with Crippen LogP contribution in [0.3, 0.4) is 0 Å². The number of nitrogens with one attached hydrogen (secondary N) is 1. The zero-order valence-electron chi connectivity index (χ0n) is 10.4. The highest BCUT2D eigenvalue weighted by atomic mass is 35.5. The first-order valence-electron chi connectivity index (χ1n) is 6.29. The second-order valence-corrected chi connectivity index (χ2v) is 5.25. The Hall–Kier alpha value is -1.06. The third kappa shape index (κ3) is 3.47. The first-order valence-corrected chi connectivity index (χ1v) is 6.72. The van der Waals surface area contributed by atoms with Crippen molar-refractivity contribution in [1.29, 1.82) is 0 Å². The first-order chi connectivity index (χ1) is 8.66. The highest BCUT2D eigenvalue weighted by molar-refractivity contribution is 6.30. The van der Waals surface area contributed by atoms with E-state index in [-0.39, 0.29) is 18.1 Å². The van der Waals surface area contributed by atoms with Crippen LogP contribution in [-0.4, -0.2) is 23.9 Å². The molecule has 0 spiro atoms. The maximum atomic E-state index is 11.4. The summed E-state index contributed by atoms with van der Waals surface area (Å²) in [5, 5.41) is 2.31. The monoisotopic (exact) mass is 267 g/mol. The Bertz CT molecular complexity index is 394. The first kappa shape index (κ1) is 13.4. The minimum atomic E-state index is -0.490. The van der Waals surface area contributed by atoms with Gasteiger partial charge in [-0.2, -0.15) is 0 Å². The van der Waals surface area contributed by atoms with Gasteiger partial charge in [0, 0.05) is 6.54 Å². The number of rotatable bonds is 4. The van der Waals surface area contributed by atoms with Crippen molar-refractivity contribution in [1.82, 2.24) is 5.32 Å². The number of carbonyl (C=O) groups excluding carboxylic acids is 1. The summed E-state index contributed by atoms with van der Waals surface area (Å²) < 4.78 is 5.92. The Labute approximate surface area is 112 Å². The fraction of sp³-hybridized carbons (Fsp3) is 0.500. The third-order valence-electron chi connectivity index (χ3n) is 3.14. The van der Waals surface area contributed by atoms with E-state index in [1.807, 2.05) is 18.2 Å². The predicted molar refractivity (Wildman–Crippen MR) is 71.6 cm³/mol. The number of ether oxygens (including phenoxy) is 1. The number of carbonyl (C=O) groups is 1. The second-order valence-electron chi connectivity index (χ2n) is 4.60. The van der Waals surface area contributed by atoms with E-state index < -0.39 is 5.38 Å². The molecule has 0 aliphatic carbocycles. The molecule has 4 heteroatoms. The zero-order chi connectivity index (χ0) is 13.0. The third-order valence-corrected chi connectivity index (χ3v) is 3.34. The fourth-order valence-corrected chi connectivity index (χ4v) is 2.20. The van der Waals surface area contributed by atoms with Crippen LogP contribution < -0.4 is 5.32 Å². The van der Waals surface area contributed by atoms with Gasteiger partial charge in [0.2, 0.25) is 5.91 Å². The molecule has 1 aromatic rings. The molecule has 18 heavy (non-hydrogen) atoms. The Balaban J connectivity index is 1.80. The van der Waals surface area contributed by atoms with Gasteiger partial charge in [-0.1, -0.05) is 30.3 Å². The average molecular weight is 268 g/mol. The zero-order valence-corrected chi connectivity index (χ0v) is 11.2. The standard InChI is InChI=1S/C14H18ClNO2/c1-10(15)14(17)16-9-12-7-8-13(18-12)11-5-3-2-4-6-11/h2-6,10,12-13H,7-9H2,1H3,(H,16,17)/t10?,12-,13-/m1/s1. The SMILES string of the molecule is CC(Cl)C(=O)NC[C@H]1CC[C@H](c2ccccc2)O1. The van der Waals surface area contributed by atoms with Gasteiger partial charge in [0.05, 0.1) is 12.2 Å². The van der Waals surface area contributed by atoms with Crippen molar-refractivity contribution in [3.05, 3.63) is 35.9 Å². The number of hydrogen-bond donors (Lipinski definition) is 1. The maximum absolute atomic E-state index is 11.4. The van der Waals surface area contributed by atoms with Crippen molar-refractivity contribution in [3.8, 4) is 0 Å². The lowest BCUT2D eigenvalue weighted by molar-refractivity contribution is -0.121. The molecule has 1 fully saturated rings. The molecular formula is C14H18ClNO2. The predicted octanol–water partition coefficient (Wildman–Crippen LogP) is 2.65. The summed E-state index contributed by atoms with van der Waals surface area (Å²) in [5.41, 5.74) is 1.21. The van der Waals surface area contributed by atoms with Crippen LogP contribution in [0.5, 0.6) is 0 Å². The van der Waals surface area contributed by atoms with E-state index in [4.69, 9.17) is 16.3 Å². The smallest absolute Gasteiger partial charge is 0.237 e. The molecule has 1 saturated heterocycles. The molecule has 98 valence electrons. The average Bonchev–Trinajstić information content (AvgIpc) is 2.85. The largest absolute Gasteiger partial charge is 0.368 e. The summed E-state index contributed by atoms with van der Waals surface area (Å²) in [6.45, 7) is 2.21. The van der Waals surface area contributed by atoms with E-state index in [9.17, 15) is 4.79 Å². The Kier molecular flexibility index (Phi) is 4.61. The molecule has 0 radical (unpaired) electrons. The van der Waals surface area contributed by atoms with Crippen molar-refractivity contribution in [3.63, 3.8) is 0 Å². The summed E-state index contributed by atoms with van der Waals surface area (Å²) in [6.07, 6.45) is 2.22. The summed E-state index contributed by atoms with van der Waals surface area (Å²) in [5.74, 6) is -0.136. The Morgan fingerprint density at radius 3 is 2.83 bits per heavy atom. The number of benzene rings is 1. The highest BCUT2D eigenvalue weighted by Crippen LogP contribution is 2.32. The number of amides is 1. The van der Waals surface area contributed by atoms with Crippen LogP contribution in [0.1, 0.15) is 31.4 Å². The normalized spacial score (nSPS) is 24.8. The van der Waals surface area contributed by atoms with Gasteiger partial charge in [-0.25, -0.2) is 0 Å². The molecule has 1 aliphatic heterocycles. The second kappa shape index (κ2) is 6.21. The summed E-state index contributed by atoms with van der Waals surface area (Å²) >= 11 is 5.69. The van der Waals surface area contributed by atoms with Crippen LogP contribution in [0.4, 0.5) is 0 Å². The Morgan fingerprint density at radius 1 is 1.44 bits per heavy atom.